The molecular weight excluding hydrogens is 252 g/mol. The van der Waals surface area contributed by atoms with E-state index in [1.54, 1.807) is 6.92 Å². The SMILES string of the molecule is CCCN(C)c1nc(C(=O)OCC)c(C(C)=O)s1. The molecule has 0 spiro atoms. The Balaban J connectivity index is 3.08. The second-order valence-electron chi connectivity index (χ2n) is 3.87. The Hall–Kier alpha value is -1.43. The Labute approximate surface area is 111 Å². The fourth-order valence-electron chi connectivity index (χ4n) is 1.48. The summed E-state index contributed by atoms with van der Waals surface area (Å²) < 4.78 is 4.91. The van der Waals surface area contributed by atoms with Crippen molar-refractivity contribution in [3.63, 3.8) is 0 Å². The van der Waals surface area contributed by atoms with Gasteiger partial charge in [0.2, 0.25) is 0 Å². The number of Topliss-reactive ketones (excluding diaryl/α,β-unsaturated/α-hetero) is 1. The maximum Gasteiger partial charge on any atom is 0.358 e. The van der Waals surface area contributed by atoms with E-state index < -0.39 is 5.97 Å². The molecule has 1 rings (SSSR count). The average Bonchev–Trinajstić information content (AvgIpc) is 2.74. The first-order valence-electron chi connectivity index (χ1n) is 5.91. The lowest BCUT2D eigenvalue weighted by Crippen LogP contribution is -2.17. The van der Waals surface area contributed by atoms with Crippen molar-refractivity contribution in [3.05, 3.63) is 10.6 Å². The number of ether oxygens (including phenoxy) is 1. The zero-order valence-corrected chi connectivity index (χ0v) is 12.0. The van der Waals surface area contributed by atoms with Gasteiger partial charge in [-0.1, -0.05) is 18.3 Å². The lowest BCUT2D eigenvalue weighted by Gasteiger charge is -2.13. The second kappa shape index (κ2) is 6.49. The fraction of sp³-hybridized carbons (Fsp3) is 0.583. The van der Waals surface area contributed by atoms with Crippen molar-refractivity contribution in [1.29, 1.82) is 0 Å². The van der Waals surface area contributed by atoms with E-state index in [2.05, 4.69) is 11.9 Å². The second-order valence-corrected chi connectivity index (χ2v) is 4.85. The van der Waals surface area contributed by atoms with Gasteiger partial charge >= 0.3 is 5.97 Å². The molecule has 18 heavy (non-hydrogen) atoms. The third-order valence-electron chi connectivity index (χ3n) is 2.29. The molecule has 0 amide bonds. The molecule has 0 aliphatic rings. The third-order valence-corrected chi connectivity index (χ3v) is 3.56. The molecule has 0 fully saturated rings. The molecule has 0 bridgehead atoms. The van der Waals surface area contributed by atoms with Crippen molar-refractivity contribution >= 4 is 28.2 Å². The Morgan fingerprint density at radius 1 is 1.39 bits per heavy atom. The number of hydrogen-bond donors (Lipinski definition) is 0. The van der Waals surface area contributed by atoms with Crippen LogP contribution in [0.1, 0.15) is 47.4 Å². The van der Waals surface area contributed by atoms with E-state index in [-0.39, 0.29) is 18.1 Å². The average molecular weight is 270 g/mol. The number of anilines is 1. The number of carbonyl (C=O) groups excluding carboxylic acids is 2. The summed E-state index contributed by atoms with van der Waals surface area (Å²) in [5.41, 5.74) is 0.132. The highest BCUT2D eigenvalue weighted by Gasteiger charge is 2.23. The van der Waals surface area contributed by atoms with Crippen LogP contribution in [0.15, 0.2) is 0 Å². The van der Waals surface area contributed by atoms with Gasteiger partial charge in [-0.2, -0.15) is 0 Å². The summed E-state index contributed by atoms with van der Waals surface area (Å²) in [6.45, 7) is 6.31. The number of carbonyl (C=O) groups is 2. The predicted octanol–water partition coefficient (Wildman–Crippen LogP) is 2.37. The van der Waals surface area contributed by atoms with E-state index in [0.717, 1.165) is 13.0 Å². The Bertz CT molecular complexity index is 443. The van der Waals surface area contributed by atoms with Gasteiger partial charge < -0.3 is 9.64 Å². The molecule has 1 aromatic heterocycles. The van der Waals surface area contributed by atoms with Crippen LogP contribution in [0.3, 0.4) is 0 Å². The normalized spacial score (nSPS) is 10.2. The summed E-state index contributed by atoms with van der Waals surface area (Å²) in [6.07, 6.45) is 0.972. The van der Waals surface area contributed by atoms with Gasteiger partial charge in [-0.3, -0.25) is 4.79 Å². The first kappa shape index (κ1) is 14.6. The molecule has 0 aromatic carbocycles. The maximum atomic E-state index is 11.7. The molecular formula is C12H18N2O3S. The molecule has 6 heteroatoms. The van der Waals surface area contributed by atoms with Crippen LogP contribution in [-0.4, -0.2) is 36.9 Å². The summed E-state index contributed by atoms with van der Waals surface area (Å²) in [5.74, 6) is -0.693. The molecule has 1 heterocycles. The predicted molar refractivity (Wildman–Crippen MR) is 71.6 cm³/mol. The molecule has 5 nitrogen and oxygen atoms in total. The highest BCUT2D eigenvalue weighted by atomic mass is 32.1. The Morgan fingerprint density at radius 2 is 2.06 bits per heavy atom. The number of rotatable bonds is 6. The molecule has 0 saturated carbocycles. The summed E-state index contributed by atoms with van der Waals surface area (Å²) in [6, 6.07) is 0. The van der Waals surface area contributed by atoms with Crippen LogP contribution in [0.4, 0.5) is 5.13 Å². The molecule has 0 aliphatic heterocycles. The fourth-order valence-corrected chi connectivity index (χ4v) is 2.42. The van der Waals surface area contributed by atoms with Crippen molar-refractivity contribution in [1.82, 2.24) is 4.98 Å². The van der Waals surface area contributed by atoms with Crippen LogP contribution in [0, 0.1) is 0 Å². The zero-order chi connectivity index (χ0) is 13.7. The lowest BCUT2D eigenvalue weighted by atomic mass is 10.3. The van der Waals surface area contributed by atoms with Gasteiger partial charge in [0, 0.05) is 20.5 Å². The molecule has 0 unspecified atom stereocenters. The van der Waals surface area contributed by atoms with Crippen molar-refractivity contribution in [2.75, 3.05) is 25.1 Å². The molecule has 0 atom stereocenters. The number of ketones is 1. The maximum absolute atomic E-state index is 11.7. The van der Waals surface area contributed by atoms with Crippen LogP contribution in [-0.2, 0) is 4.74 Å². The largest absolute Gasteiger partial charge is 0.461 e. The number of esters is 1. The van der Waals surface area contributed by atoms with E-state index in [4.69, 9.17) is 4.74 Å². The van der Waals surface area contributed by atoms with E-state index in [0.29, 0.717) is 10.0 Å². The lowest BCUT2D eigenvalue weighted by molar-refractivity contribution is 0.0517. The molecule has 100 valence electrons. The number of thiazole rings is 1. The van der Waals surface area contributed by atoms with Crippen molar-refractivity contribution < 1.29 is 14.3 Å². The standard InChI is InChI=1S/C12H18N2O3S/c1-5-7-14(4)12-13-9(11(16)17-6-2)10(18-12)8(3)15/h5-7H2,1-4H3. The highest BCUT2D eigenvalue weighted by Crippen LogP contribution is 2.26. The summed E-state index contributed by atoms with van der Waals surface area (Å²) in [4.78, 5) is 29.7. The van der Waals surface area contributed by atoms with Crippen LogP contribution < -0.4 is 4.90 Å². The van der Waals surface area contributed by atoms with Crippen LogP contribution >= 0.6 is 11.3 Å². The monoisotopic (exact) mass is 270 g/mol. The van der Waals surface area contributed by atoms with E-state index >= 15 is 0 Å². The molecule has 1 aromatic rings. The third kappa shape index (κ3) is 3.29. The summed E-state index contributed by atoms with van der Waals surface area (Å²) in [7, 11) is 1.89. The van der Waals surface area contributed by atoms with Crippen molar-refractivity contribution in [2.24, 2.45) is 0 Å². The molecule has 0 radical (unpaired) electrons. The van der Waals surface area contributed by atoms with Crippen LogP contribution in [0.5, 0.6) is 0 Å². The quantitative estimate of drug-likeness (QED) is 0.586. The van der Waals surface area contributed by atoms with Gasteiger partial charge in [0.25, 0.3) is 0 Å². The highest BCUT2D eigenvalue weighted by molar-refractivity contribution is 7.17. The molecule has 0 saturated heterocycles. The minimum Gasteiger partial charge on any atom is -0.461 e. The summed E-state index contributed by atoms with van der Waals surface area (Å²) >= 11 is 1.23. The van der Waals surface area contributed by atoms with Crippen molar-refractivity contribution in [2.45, 2.75) is 27.2 Å². The number of nitrogens with zero attached hydrogens (tertiary/aromatic N) is 2. The Morgan fingerprint density at radius 3 is 2.56 bits per heavy atom. The van der Waals surface area contributed by atoms with E-state index in [1.807, 2.05) is 11.9 Å². The Kier molecular flexibility index (Phi) is 5.27. The minimum absolute atomic E-state index is 0.132. The zero-order valence-electron chi connectivity index (χ0n) is 11.1. The van der Waals surface area contributed by atoms with Gasteiger partial charge in [-0.05, 0) is 13.3 Å². The first-order valence-corrected chi connectivity index (χ1v) is 6.72. The number of hydrogen-bond acceptors (Lipinski definition) is 6. The van der Waals surface area contributed by atoms with Gasteiger partial charge in [0.1, 0.15) is 4.88 Å². The smallest absolute Gasteiger partial charge is 0.358 e. The van der Waals surface area contributed by atoms with E-state index in [1.165, 1.54) is 18.3 Å². The molecule has 0 aliphatic carbocycles. The van der Waals surface area contributed by atoms with Gasteiger partial charge in [-0.15, -0.1) is 0 Å². The van der Waals surface area contributed by atoms with E-state index in [9.17, 15) is 9.59 Å². The first-order chi connectivity index (χ1) is 8.51. The number of aromatic nitrogens is 1. The van der Waals surface area contributed by atoms with Gasteiger partial charge in [0.15, 0.2) is 16.6 Å². The molecule has 0 N–H and O–H groups in total. The van der Waals surface area contributed by atoms with Gasteiger partial charge in [0.05, 0.1) is 6.61 Å². The topological polar surface area (TPSA) is 59.5 Å². The van der Waals surface area contributed by atoms with Crippen LogP contribution in [0.2, 0.25) is 0 Å². The van der Waals surface area contributed by atoms with Crippen molar-refractivity contribution in [3.8, 4) is 0 Å². The summed E-state index contributed by atoms with van der Waals surface area (Å²) in [5, 5.41) is 0.671. The van der Waals surface area contributed by atoms with Gasteiger partial charge in [-0.25, -0.2) is 9.78 Å². The van der Waals surface area contributed by atoms with Crippen LogP contribution in [0.25, 0.3) is 0 Å². The minimum atomic E-state index is -0.532.